The van der Waals surface area contributed by atoms with E-state index in [1.807, 2.05) is 60.7 Å². The summed E-state index contributed by atoms with van der Waals surface area (Å²) in [4.78, 5) is 4.91. The molecule has 0 aliphatic carbocycles. The zero-order valence-corrected chi connectivity index (χ0v) is 17.1. The van der Waals surface area contributed by atoms with E-state index >= 15 is 0 Å². The third-order valence-electron chi connectivity index (χ3n) is 4.83. The molecule has 4 nitrogen and oxygen atoms in total. The molecule has 0 aliphatic heterocycles. The van der Waals surface area contributed by atoms with Gasteiger partial charge in [-0.2, -0.15) is 0 Å². The molecule has 5 heteroatoms. The molecule has 0 amide bonds. The Hall–Kier alpha value is -3.44. The summed E-state index contributed by atoms with van der Waals surface area (Å²) in [6.07, 6.45) is 1.78. The van der Waals surface area contributed by atoms with Crippen LogP contribution in [-0.4, -0.2) is 13.4 Å². The summed E-state index contributed by atoms with van der Waals surface area (Å²) in [5.41, 5.74) is 2.32. The first kappa shape index (κ1) is 19.9. The zero-order chi connectivity index (χ0) is 21.0. The minimum absolute atomic E-state index is 0.163. The van der Waals surface area contributed by atoms with Crippen LogP contribution >= 0.6 is 0 Å². The van der Waals surface area contributed by atoms with E-state index in [4.69, 9.17) is 4.42 Å². The van der Waals surface area contributed by atoms with E-state index in [0.717, 1.165) is 11.1 Å². The third kappa shape index (κ3) is 3.84. The molecule has 0 aliphatic rings. The highest BCUT2D eigenvalue weighted by atomic mass is 32.2. The van der Waals surface area contributed by atoms with Gasteiger partial charge in [0.25, 0.3) is 0 Å². The van der Waals surface area contributed by atoms with E-state index in [2.05, 4.69) is 11.6 Å². The van der Waals surface area contributed by atoms with Crippen molar-refractivity contribution in [1.29, 1.82) is 0 Å². The normalized spacial score (nSPS) is 12.4. The summed E-state index contributed by atoms with van der Waals surface area (Å²) >= 11 is 0. The molecule has 150 valence electrons. The molecular formula is C25H21NO3S. The second kappa shape index (κ2) is 8.51. The Bertz CT molecular complexity index is 1170. The number of hydrogen-bond acceptors (Lipinski definition) is 4. The summed E-state index contributed by atoms with van der Waals surface area (Å²) in [5, 5.41) is -0.961. The van der Waals surface area contributed by atoms with E-state index in [9.17, 15) is 8.42 Å². The Morgan fingerprint density at radius 3 is 1.93 bits per heavy atom. The van der Waals surface area contributed by atoms with E-state index in [1.165, 1.54) is 0 Å². The second-order valence-electron chi connectivity index (χ2n) is 6.83. The average Bonchev–Trinajstić information content (AvgIpc) is 3.24. The van der Waals surface area contributed by atoms with Crippen LogP contribution in [0.5, 0.6) is 0 Å². The second-order valence-corrected chi connectivity index (χ2v) is 8.96. The van der Waals surface area contributed by atoms with Gasteiger partial charge >= 0.3 is 0 Å². The van der Waals surface area contributed by atoms with Crippen LogP contribution in [0.15, 0.2) is 113 Å². The summed E-state index contributed by atoms with van der Waals surface area (Å²) in [7, 11) is -3.71. The molecule has 30 heavy (non-hydrogen) atoms. The minimum Gasteiger partial charge on any atom is -0.439 e. The van der Waals surface area contributed by atoms with Crippen molar-refractivity contribution in [2.45, 2.75) is 16.6 Å². The maximum Gasteiger partial charge on any atom is 0.214 e. The molecule has 0 spiro atoms. The maximum absolute atomic E-state index is 13.4. The van der Waals surface area contributed by atoms with Crippen LogP contribution in [0.3, 0.4) is 0 Å². The molecular weight excluding hydrogens is 394 g/mol. The van der Waals surface area contributed by atoms with E-state index < -0.39 is 15.1 Å². The first-order valence-corrected chi connectivity index (χ1v) is 11.2. The Balaban J connectivity index is 1.89. The minimum atomic E-state index is -3.71. The van der Waals surface area contributed by atoms with Gasteiger partial charge in [0.05, 0.1) is 4.90 Å². The Morgan fingerprint density at radius 1 is 0.833 bits per heavy atom. The van der Waals surface area contributed by atoms with Crippen LogP contribution in [0.4, 0.5) is 0 Å². The van der Waals surface area contributed by atoms with Crippen molar-refractivity contribution in [3.8, 4) is 22.6 Å². The first-order valence-electron chi connectivity index (χ1n) is 9.62. The van der Waals surface area contributed by atoms with Gasteiger partial charge in [-0.15, -0.1) is 6.58 Å². The largest absolute Gasteiger partial charge is 0.439 e. The molecule has 0 saturated heterocycles. The molecule has 4 aromatic rings. The first-order chi connectivity index (χ1) is 14.6. The number of sulfone groups is 1. The lowest BCUT2D eigenvalue weighted by Crippen LogP contribution is -2.13. The van der Waals surface area contributed by atoms with Crippen LogP contribution in [0.2, 0.25) is 0 Å². The monoisotopic (exact) mass is 415 g/mol. The smallest absolute Gasteiger partial charge is 0.214 e. The molecule has 1 aromatic heterocycles. The molecule has 0 bridgehead atoms. The SMILES string of the molecule is C=CCC(c1nc(-c2ccccc2)c(-c2ccccc2)o1)S(=O)(=O)c1ccccc1. The van der Waals surface area contributed by atoms with Crippen molar-refractivity contribution < 1.29 is 12.8 Å². The van der Waals surface area contributed by atoms with Crippen LogP contribution in [0.25, 0.3) is 22.6 Å². The number of benzene rings is 3. The zero-order valence-electron chi connectivity index (χ0n) is 16.3. The molecule has 1 unspecified atom stereocenters. The maximum atomic E-state index is 13.4. The summed E-state index contributed by atoms with van der Waals surface area (Å²) in [5.74, 6) is 0.714. The number of hydrogen-bond donors (Lipinski definition) is 0. The van der Waals surface area contributed by atoms with Crippen molar-refractivity contribution in [3.05, 3.63) is 110 Å². The Kier molecular flexibility index (Phi) is 5.63. The van der Waals surface area contributed by atoms with Gasteiger partial charge in [-0.3, -0.25) is 0 Å². The third-order valence-corrected chi connectivity index (χ3v) is 6.90. The lowest BCUT2D eigenvalue weighted by molar-refractivity contribution is 0.486. The fourth-order valence-corrected chi connectivity index (χ4v) is 4.96. The van der Waals surface area contributed by atoms with Crippen molar-refractivity contribution in [2.24, 2.45) is 0 Å². The van der Waals surface area contributed by atoms with Gasteiger partial charge in [-0.1, -0.05) is 84.9 Å². The molecule has 3 aromatic carbocycles. The number of aromatic nitrogens is 1. The van der Waals surface area contributed by atoms with Crippen molar-refractivity contribution in [2.75, 3.05) is 0 Å². The van der Waals surface area contributed by atoms with Crippen LogP contribution < -0.4 is 0 Å². The van der Waals surface area contributed by atoms with E-state index in [1.54, 1.807) is 36.4 Å². The Labute approximate surface area is 176 Å². The van der Waals surface area contributed by atoms with Gasteiger partial charge in [0.2, 0.25) is 5.89 Å². The molecule has 0 fully saturated rings. The molecule has 0 N–H and O–H groups in total. The predicted molar refractivity (Wildman–Crippen MR) is 119 cm³/mol. The van der Waals surface area contributed by atoms with E-state index in [0.29, 0.717) is 11.5 Å². The molecule has 0 saturated carbocycles. The van der Waals surface area contributed by atoms with E-state index in [-0.39, 0.29) is 17.2 Å². The van der Waals surface area contributed by atoms with Gasteiger partial charge in [-0.25, -0.2) is 13.4 Å². The highest BCUT2D eigenvalue weighted by Gasteiger charge is 2.33. The van der Waals surface area contributed by atoms with Gasteiger partial charge in [0.1, 0.15) is 10.9 Å². The highest BCUT2D eigenvalue weighted by Crippen LogP contribution is 2.38. The van der Waals surface area contributed by atoms with Gasteiger partial charge in [0, 0.05) is 11.1 Å². The number of nitrogens with zero attached hydrogens (tertiary/aromatic N) is 1. The Morgan fingerprint density at radius 2 is 1.37 bits per heavy atom. The quantitative estimate of drug-likeness (QED) is 0.342. The molecule has 1 atom stereocenters. The standard InChI is InChI=1S/C25H21NO3S/c1-2-12-22(30(27,28)21-17-10-5-11-18-21)25-26-23(19-13-6-3-7-14-19)24(29-25)20-15-8-4-9-16-20/h2-11,13-18,22H,1,12H2. The highest BCUT2D eigenvalue weighted by molar-refractivity contribution is 7.91. The van der Waals surface area contributed by atoms with Crippen LogP contribution in [0.1, 0.15) is 17.6 Å². The van der Waals surface area contributed by atoms with Gasteiger partial charge < -0.3 is 4.42 Å². The lowest BCUT2D eigenvalue weighted by atomic mass is 10.1. The molecule has 1 heterocycles. The van der Waals surface area contributed by atoms with Gasteiger partial charge in [0.15, 0.2) is 15.6 Å². The fourth-order valence-electron chi connectivity index (χ4n) is 3.34. The van der Waals surface area contributed by atoms with Crippen molar-refractivity contribution in [1.82, 2.24) is 4.98 Å². The van der Waals surface area contributed by atoms with Crippen molar-refractivity contribution >= 4 is 9.84 Å². The topological polar surface area (TPSA) is 60.2 Å². The predicted octanol–water partition coefficient (Wildman–Crippen LogP) is 6.10. The molecule has 0 radical (unpaired) electrons. The van der Waals surface area contributed by atoms with Gasteiger partial charge in [-0.05, 0) is 18.6 Å². The number of oxazole rings is 1. The summed E-state index contributed by atoms with van der Waals surface area (Å²) < 4.78 is 32.9. The number of allylic oxidation sites excluding steroid dienone is 1. The summed E-state index contributed by atoms with van der Waals surface area (Å²) in [6, 6.07) is 27.6. The fraction of sp³-hybridized carbons (Fsp3) is 0.0800. The van der Waals surface area contributed by atoms with Crippen LogP contribution in [0, 0.1) is 0 Å². The summed E-state index contributed by atoms with van der Waals surface area (Å²) in [6.45, 7) is 3.74. The van der Waals surface area contributed by atoms with Crippen LogP contribution in [-0.2, 0) is 9.84 Å². The lowest BCUT2D eigenvalue weighted by Gasteiger charge is -2.13. The van der Waals surface area contributed by atoms with Crippen molar-refractivity contribution in [3.63, 3.8) is 0 Å². The average molecular weight is 416 g/mol. The number of rotatable bonds is 7. The molecule has 4 rings (SSSR count).